The van der Waals surface area contributed by atoms with Gasteiger partial charge in [0.25, 0.3) is 11.6 Å². The summed E-state index contributed by atoms with van der Waals surface area (Å²) in [5.74, 6) is 0.220. The summed E-state index contributed by atoms with van der Waals surface area (Å²) in [6.45, 7) is 0. The largest absolute Gasteiger partial charge is 0.393 e. The van der Waals surface area contributed by atoms with Gasteiger partial charge in [-0.1, -0.05) is 5.16 Å². The van der Waals surface area contributed by atoms with Crippen molar-refractivity contribution < 1.29 is 9.45 Å². The fourth-order valence-electron chi connectivity index (χ4n) is 1.14. The lowest BCUT2D eigenvalue weighted by molar-refractivity contribution is -0.383. The molecule has 76 valence electrons. The number of nitrogens with two attached hydrogens (primary N) is 1. The Morgan fingerprint density at radius 1 is 1.47 bits per heavy atom. The van der Waals surface area contributed by atoms with Gasteiger partial charge in [0, 0.05) is 11.6 Å². The predicted octanol–water partition coefficient (Wildman–Crippen LogP) is 1.23. The molecule has 0 atom stereocenters. The first-order chi connectivity index (χ1) is 7.18. The van der Waals surface area contributed by atoms with E-state index >= 15 is 0 Å². The molecule has 0 aliphatic heterocycles. The van der Waals surface area contributed by atoms with Gasteiger partial charge in [0.15, 0.2) is 6.33 Å². The number of nitrogen functional groups attached to an aromatic ring is 1. The van der Waals surface area contributed by atoms with Gasteiger partial charge in [-0.3, -0.25) is 10.1 Å². The number of nitrogens with zero attached hydrogens (tertiary/aromatic N) is 3. The molecule has 0 aliphatic rings. The number of hydrogen-bond acceptors (Lipinski definition) is 6. The van der Waals surface area contributed by atoms with E-state index in [2.05, 4.69) is 10.1 Å². The van der Waals surface area contributed by atoms with Gasteiger partial charge in [0.05, 0.1) is 4.92 Å². The van der Waals surface area contributed by atoms with Crippen molar-refractivity contribution in [3.05, 3.63) is 34.6 Å². The fourth-order valence-corrected chi connectivity index (χ4v) is 1.14. The Hall–Kier alpha value is -2.44. The topological polar surface area (TPSA) is 108 Å². The number of benzene rings is 1. The zero-order valence-corrected chi connectivity index (χ0v) is 7.45. The molecule has 0 aliphatic carbocycles. The number of aromatic nitrogens is 2. The number of anilines is 1. The van der Waals surface area contributed by atoms with Crippen molar-refractivity contribution >= 4 is 11.4 Å². The Kier molecular flexibility index (Phi) is 2.05. The molecule has 0 spiro atoms. The van der Waals surface area contributed by atoms with Crippen LogP contribution in [0.4, 0.5) is 11.4 Å². The van der Waals surface area contributed by atoms with Crippen LogP contribution >= 0.6 is 0 Å². The molecule has 1 heterocycles. The van der Waals surface area contributed by atoms with Crippen molar-refractivity contribution in [3.8, 4) is 11.5 Å². The third kappa shape index (κ3) is 1.62. The highest BCUT2D eigenvalue weighted by molar-refractivity contribution is 5.67. The maximum Gasteiger partial charge on any atom is 0.292 e. The number of hydrogen-bond donors (Lipinski definition) is 1. The van der Waals surface area contributed by atoms with Crippen LogP contribution in [0.2, 0.25) is 0 Å². The Labute approximate surface area is 83.7 Å². The molecule has 2 aromatic rings. The van der Waals surface area contributed by atoms with Crippen molar-refractivity contribution in [2.45, 2.75) is 0 Å². The van der Waals surface area contributed by atoms with Crippen LogP contribution in [-0.4, -0.2) is 15.1 Å². The van der Waals surface area contributed by atoms with E-state index in [1.165, 1.54) is 18.5 Å². The van der Waals surface area contributed by atoms with Gasteiger partial charge in [-0.2, -0.15) is 4.98 Å². The minimum Gasteiger partial charge on any atom is -0.393 e. The Balaban J connectivity index is 2.52. The molecule has 2 rings (SSSR count). The average Bonchev–Trinajstić information content (AvgIpc) is 2.71. The molecule has 0 radical (unpaired) electrons. The van der Waals surface area contributed by atoms with Crippen molar-refractivity contribution in [1.82, 2.24) is 10.1 Å². The summed E-state index contributed by atoms with van der Waals surface area (Å²) in [5, 5.41) is 14.0. The third-order valence-electron chi connectivity index (χ3n) is 1.84. The zero-order valence-electron chi connectivity index (χ0n) is 7.45. The summed E-state index contributed by atoms with van der Waals surface area (Å²) < 4.78 is 4.77. The maximum absolute atomic E-state index is 10.6. The van der Waals surface area contributed by atoms with Crippen LogP contribution in [0.3, 0.4) is 0 Å². The minimum atomic E-state index is -0.560. The maximum atomic E-state index is 10.6. The molecule has 0 fully saturated rings. The average molecular weight is 206 g/mol. The van der Waals surface area contributed by atoms with Crippen LogP contribution in [0.1, 0.15) is 0 Å². The van der Waals surface area contributed by atoms with Crippen LogP contribution in [0.25, 0.3) is 11.5 Å². The van der Waals surface area contributed by atoms with E-state index in [0.29, 0.717) is 5.56 Å². The van der Waals surface area contributed by atoms with Crippen LogP contribution in [0.5, 0.6) is 0 Å². The molecule has 15 heavy (non-hydrogen) atoms. The van der Waals surface area contributed by atoms with E-state index < -0.39 is 4.92 Å². The summed E-state index contributed by atoms with van der Waals surface area (Å²) in [5.41, 5.74) is 5.83. The van der Waals surface area contributed by atoms with Gasteiger partial charge in [-0.15, -0.1) is 0 Å². The van der Waals surface area contributed by atoms with Gasteiger partial charge >= 0.3 is 0 Å². The first kappa shape index (κ1) is 9.13. The van der Waals surface area contributed by atoms with E-state index in [0.717, 1.165) is 0 Å². The zero-order chi connectivity index (χ0) is 10.8. The van der Waals surface area contributed by atoms with Crippen molar-refractivity contribution in [3.63, 3.8) is 0 Å². The van der Waals surface area contributed by atoms with E-state index in [4.69, 9.17) is 10.3 Å². The smallest absolute Gasteiger partial charge is 0.292 e. The monoisotopic (exact) mass is 206 g/mol. The number of nitro groups is 1. The van der Waals surface area contributed by atoms with E-state index in [1.807, 2.05) is 0 Å². The lowest BCUT2D eigenvalue weighted by Crippen LogP contribution is -1.95. The van der Waals surface area contributed by atoms with Crippen LogP contribution in [-0.2, 0) is 0 Å². The van der Waals surface area contributed by atoms with E-state index in [1.54, 1.807) is 6.07 Å². The molecule has 0 bridgehead atoms. The predicted molar refractivity (Wildman–Crippen MR) is 50.8 cm³/mol. The molecule has 1 aromatic heterocycles. The summed E-state index contributed by atoms with van der Waals surface area (Å²) in [7, 11) is 0. The van der Waals surface area contributed by atoms with Crippen molar-refractivity contribution in [2.75, 3.05) is 5.73 Å². The lowest BCUT2D eigenvalue weighted by Gasteiger charge is -1.98. The Morgan fingerprint density at radius 3 is 2.87 bits per heavy atom. The first-order valence-corrected chi connectivity index (χ1v) is 3.99. The molecule has 2 N–H and O–H groups in total. The van der Waals surface area contributed by atoms with Gasteiger partial charge < -0.3 is 10.3 Å². The molecule has 1 aromatic carbocycles. The van der Waals surface area contributed by atoms with Crippen LogP contribution < -0.4 is 5.73 Å². The molecular formula is C8H6N4O3. The Morgan fingerprint density at radius 2 is 2.27 bits per heavy atom. The highest BCUT2D eigenvalue weighted by Gasteiger charge is 2.14. The summed E-state index contributed by atoms with van der Waals surface area (Å²) >= 11 is 0. The summed E-state index contributed by atoms with van der Waals surface area (Å²) in [4.78, 5) is 13.8. The van der Waals surface area contributed by atoms with Crippen molar-refractivity contribution in [2.24, 2.45) is 0 Å². The lowest BCUT2D eigenvalue weighted by atomic mass is 10.2. The van der Waals surface area contributed by atoms with Crippen molar-refractivity contribution in [1.29, 1.82) is 0 Å². The second-order valence-electron chi connectivity index (χ2n) is 2.78. The highest BCUT2D eigenvalue weighted by atomic mass is 16.6. The van der Waals surface area contributed by atoms with E-state index in [-0.39, 0.29) is 17.3 Å². The Bertz CT molecular complexity index is 495. The fraction of sp³-hybridized carbons (Fsp3) is 0. The van der Waals surface area contributed by atoms with Gasteiger partial charge in [-0.25, -0.2) is 0 Å². The van der Waals surface area contributed by atoms with Crippen LogP contribution in [0.15, 0.2) is 29.0 Å². The first-order valence-electron chi connectivity index (χ1n) is 3.99. The normalized spacial score (nSPS) is 10.1. The second kappa shape index (κ2) is 3.37. The highest BCUT2D eigenvalue weighted by Crippen LogP contribution is 2.27. The number of rotatable bonds is 2. The summed E-state index contributed by atoms with van der Waals surface area (Å²) in [6.07, 6.45) is 1.22. The SMILES string of the molecule is Nc1ccc(-c2ncno2)cc1[N+](=O)[O-]. The molecule has 0 amide bonds. The van der Waals surface area contributed by atoms with Gasteiger partial charge in [-0.05, 0) is 12.1 Å². The quantitative estimate of drug-likeness (QED) is 0.449. The van der Waals surface area contributed by atoms with Gasteiger partial charge in [0.2, 0.25) is 0 Å². The van der Waals surface area contributed by atoms with Crippen LogP contribution in [0, 0.1) is 10.1 Å². The number of nitro benzene ring substituents is 1. The van der Waals surface area contributed by atoms with Gasteiger partial charge in [0.1, 0.15) is 5.69 Å². The standard InChI is InChI=1S/C8H6N4O3/c9-6-2-1-5(3-7(6)12(13)14)8-10-4-11-15-8/h1-4H,9H2. The molecular weight excluding hydrogens is 200 g/mol. The van der Waals surface area contributed by atoms with E-state index in [9.17, 15) is 10.1 Å². The minimum absolute atomic E-state index is 0.100. The molecule has 7 heteroatoms. The summed E-state index contributed by atoms with van der Waals surface area (Å²) in [6, 6.07) is 4.30. The molecule has 0 saturated heterocycles. The second-order valence-corrected chi connectivity index (χ2v) is 2.78. The molecule has 0 saturated carbocycles. The third-order valence-corrected chi connectivity index (χ3v) is 1.84. The molecule has 7 nitrogen and oxygen atoms in total. The molecule has 0 unspecified atom stereocenters.